The number of aryl methyl sites for hydroxylation is 1. The maximum absolute atomic E-state index is 12.6. The fraction of sp³-hybridized carbons (Fsp3) is 0.500. The van der Waals surface area contributed by atoms with Crippen LogP contribution in [0.1, 0.15) is 29.8 Å². The van der Waals surface area contributed by atoms with Crippen LogP contribution in [0.25, 0.3) is 0 Å². The molecule has 18 heavy (non-hydrogen) atoms. The smallest absolute Gasteiger partial charge is 0.254 e. The predicted octanol–water partition coefficient (Wildman–Crippen LogP) is 3.25. The van der Waals surface area contributed by atoms with Crippen molar-refractivity contribution < 1.29 is 4.79 Å². The van der Waals surface area contributed by atoms with E-state index in [0.29, 0.717) is 11.3 Å². The zero-order valence-corrected chi connectivity index (χ0v) is 12.7. The van der Waals surface area contributed by atoms with Crippen molar-refractivity contribution in [3.63, 3.8) is 0 Å². The Balaban J connectivity index is 2.27. The monoisotopic (exact) mass is 281 g/mol. The number of benzene rings is 1. The van der Waals surface area contributed by atoms with Gasteiger partial charge in [-0.2, -0.15) is 11.8 Å². The lowest BCUT2D eigenvalue weighted by molar-refractivity contribution is 0.0697. The zero-order valence-electron chi connectivity index (χ0n) is 11.0. The average Bonchev–Trinajstić information content (AvgIpc) is 2.35. The van der Waals surface area contributed by atoms with Crippen molar-refractivity contribution in [2.24, 2.45) is 0 Å². The van der Waals surface area contributed by atoms with Gasteiger partial charge in [0, 0.05) is 34.0 Å². The number of nitrogens with zero attached hydrogens (tertiary/aromatic N) is 1. The molecule has 2 rings (SSSR count). The summed E-state index contributed by atoms with van der Waals surface area (Å²) in [5.41, 5.74) is 1.81. The summed E-state index contributed by atoms with van der Waals surface area (Å²) < 4.78 is 0. The second kappa shape index (κ2) is 5.57. The Labute approximate surface area is 119 Å². The van der Waals surface area contributed by atoms with E-state index in [-0.39, 0.29) is 5.91 Å². The van der Waals surface area contributed by atoms with E-state index in [0.717, 1.165) is 28.3 Å². The van der Waals surface area contributed by atoms with Gasteiger partial charge in [0.25, 0.3) is 5.91 Å². The van der Waals surface area contributed by atoms with Gasteiger partial charge in [0.2, 0.25) is 0 Å². The number of thioether (sulfide) groups is 1. The Bertz CT molecular complexity index is 461. The summed E-state index contributed by atoms with van der Waals surface area (Å²) >= 11 is 6.27. The number of thiol groups is 1. The minimum absolute atomic E-state index is 0.142. The van der Waals surface area contributed by atoms with Gasteiger partial charge in [0.05, 0.1) is 0 Å². The normalized spacial score (nSPS) is 24.1. The Hall–Kier alpha value is -0.610. The number of carbonyl (C=O) groups excluding carboxylic acids is 1. The first-order valence-electron chi connectivity index (χ1n) is 6.23. The summed E-state index contributed by atoms with van der Waals surface area (Å²) in [6.07, 6.45) is 0. The standard InChI is InChI=1S/C14H19NOS2/c1-9-4-5-12(17)8-13(9)14(16)15-6-7-18-11(3)10(15)2/h4-5,8,10-11,17H,6-7H2,1-3H3. The fourth-order valence-corrected chi connectivity index (χ4v) is 3.52. The molecule has 0 N–H and O–H groups in total. The molecule has 0 radical (unpaired) electrons. The molecule has 1 aromatic rings. The van der Waals surface area contributed by atoms with E-state index in [9.17, 15) is 4.79 Å². The lowest BCUT2D eigenvalue weighted by Gasteiger charge is -2.37. The number of hydrogen-bond donors (Lipinski definition) is 1. The molecule has 1 aromatic carbocycles. The van der Waals surface area contributed by atoms with Crippen LogP contribution in [-0.4, -0.2) is 34.4 Å². The van der Waals surface area contributed by atoms with Crippen LogP contribution in [-0.2, 0) is 0 Å². The molecule has 1 aliphatic rings. The molecule has 4 heteroatoms. The molecule has 1 heterocycles. The van der Waals surface area contributed by atoms with Gasteiger partial charge in [-0.3, -0.25) is 4.79 Å². The summed E-state index contributed by atoms with van der Waals surface area (Å²) in [6.45, 7) is 7.14. The first-order chi connectivity index (χ1) is 8.50. The Morgan fingerprint density at radius 3 is 2.89 bits per heavy atom. The molecule has 2 atom stereocenters. The van der Waals surface area contributed by atoms with Gasteiger partial charge in [0.15, 0.2) is 0 Å². The van der Waals surface area contributed by atoms with E-state index in [1.807, 2.05) is 41.8 Å². The number of carbonyl (C=O) groups is 1. The van der Waals surface area contributed by atoms with Crippen LogP contribution in [0.4, 0.5) is 0 Å². The lowest BCUT2D eigenvalue weighted by atomic mass is 10.1. The van der Waals surface area contributed by atoms with E-state index in [1.165, 1.54) is 0 Å². The Morgan fingerprint density at radius 2 is 2.17 bits per heavy atom. The van der Waals surface area contributed by atoms with Crippen LogP contribution < -0.4 is 0 Å². The molecule has 0 spiro atoms. The highest BCUT2D eigenvalue weighted by Crippen LogP contribution is 2.26. The van der Waals surface area contributed by atoms with Crippen LogP contribution in [0, 0.1) is 6.92 Å². The Morgan fingerprint density at radius 1 is 1.44 bits per heavy atom. The quantitative estimate of drug-likeness (QED) is 0.798. The third-order valence-electron chi connectivity index (χ3n) is 3.60. The topological polar surface area (TPSA) is 20.3 Å². The highest BCUT2D eigenvalue weighted by Gasteiger charge is 2.29. The molecule has 98 valence electrons. The largest absolute Gasteiger partial charge is 0.334 e. The molecular formula is C14H19NOS2. The molecule has 1 aliphatic heterocycles. The molecule has 1 amide bonds. The Kier molecular flexibility index (Phi) is 4.28. The van der Waals surface area contributed by atoms with Crippen molar-refractivity contribution in [3.8, 4) is 0 Å². The molecule has 2 unspecified atom stereocenters. The first-order valence-corrected chi connectivity index (χ1v) is 7.72. The van der Waals surface area contributed by atoms with Crippen molar-refractivity contribution in [3.05, 3.63) is 29.3 Å². The minimum atomic E-state index is 0.142. The molecule has 1 saturated heterocycles. The van der Waals surface area contributed by atoms with Crippen molar-refractivity contribution >= 4 is 30.3 Å². The van der Waals surface area contributed by atoms with E-state index < -0.39 is 0 Å². The molecule has 2 nitrogen and oxygen atoms in total. The zero-order chi connectivity index (χ0) is 13.3. The maximum atomic E-state index is 12.6. The third kappa shape index (κ3) is 2.69. The molecule has 0 bridgehead atoms. The third-order valence-corrected chi connectivity index (χ3v) is 5.21. The highest BCUT2D eigenvalue weighted by molar-refractivity contribution is 8.00. The molecular weight excluding hydrogens is 262 g/mol. The van der Waals surface area contributed by atoms with Crippen molar-refractivity contribution in [1.29, 1.82) is 0 Å². The summed E-state index contributed by atoms with van der Waals surface area (Å²) in [5.74, 6) is 1.17. The summed E-state index contributed by atoms with van der Waals surface area (Å²) in [4.78, 5) is 15.5. The summed E-state index contributed by atoms with van der Waals surface area (Å²) in [5, 5.41) is 0.502. The van der Waals surface area contributed by atoms with Crippen LogP contribution in [0.3, 0.4) is 0 Å². The van der Waals surface area contributed by atoms with Crippen LogP contribution in [0.2, 0.25) is 0 Å². The van der Waals surface area contributed by atoms with Gasteiger partial charge < -0.3 is 4.90 Å². The average molecular weight is 281 g/mol. The molecule has 0 aliphatic carbocycles. The van der Waals surface area contributed by atoms with Crippen molar-refractivity contribution in [2.75, 3.05) is 12.3 Å². The van der Waals surface area contributed by atoms with Gasteiger partial charge in [-0.1, -0.05) is 13.0 Å². The van der Waals surface area contributed by atoms with E-state index in [4.69, 9.17) is 0 Å². The number of hydrogen-bond acceptors (Lipinski definition) is 3. The predicted molar refractivity (Wildman–Crippen MR) is 80.8 cm³/mol. The van der Waals surface area contributed by atoms with Gasteiger partial charge in [-0.05, 0) is 31.5 Å². The SMILES string of the molecule is Cc1ccc(S)cc1C(=O)N1CCSC(C)C1C. The number of amides is 1. The molecule has 0 saturated carbocycles. The first kappa shape index (κ1) is 13.8. The van der Waals surface area contributed by atoms with E-state index >= 15 is 0 Å². The fourth-order valence-electron chi connectivity index (χ4n) is 2.21. The second-order valence-electron chi connectivity index (χ2n) is 4.81. The molecule has 1 fully saturated rings. The van der Waals surface area contributed by atoms with Gasteiger partial charge in [0.1, 0.15) is 0 Å². The maximum Gasteiger partial charge on any atom is 0.254 e. The second-order valence-corrected chi connectivity index (χ2v) is 6.82. The minimum Gasteiger partial charge on any atom is -0.334 e. The highest BCUT2D eigenvalue weighted by atomic mass is 32.2. The van der Waals surface area contributed by atoms with Crippen molar-refractivity contribution in [2.45, 2.75) is 37.0 Å². The molecule has 0 aromatic heterocycles. The van der Waals surface area contributed by atoms with Gasteiger partial charge >= 0.3 is 0 Å². The van der Waals surface area contributed by atoms with E-state index in [1.54, 1.807) is 0 Å². The van der Waals surface area contributed by atoms with Gasteiger partial charge in [-0.25, -0.2) is 0 Å². The van der Waals surface area contributed by atoms with Crippen molar-refractivity contribution in [1.82, 2.24) is 4.90 Å². The van der Waals surface area contributed by atoms with E-state index in [2.05, 4.69) is 26.5 Å². The number of rotatable bonds is 1. The lowest BCUT2D eigenvalue weighted by Crippen LogP contribution is -2.48. The summed E-state index contributed by atoms with van der Waals surface area (Å²) in [6, 6.07) is 6.05. The van der Waals surface area contributed by atoms with Crippen LogP contribution in [0.15, 0.2) is 23.1 Å². The van der Waals surface area contributed by atoms with Gasteiger partial charge in [-0.15, -0.1) is 12.6 Å². The van der Waals surface area contributed by atoms with Crippen LogP contribution >= 0.6 is 24.4 Å². The summed E-state index contributed by atoms with van der Waals surface area (Å²) in [7, 11) is 0. The van der Waals surface area contributed by atoms with Crippen LogP contribution in [0.5, 0.6) is 0 Å².